The number of hydrogen-bond acceptors (Lipinski definition) is 4. The summed E-state index contributed by atoms with van der Waals surface area (Å²) in [5.41, 5.74) is -4.18. The molecule has 0 spiro atoms. The Morgan fingerprint density at radius 3 is 2.48 bits per heavy atom. The Morgan fingerprint density at radius 2 is 1.86 bits per heavy atom. The van der Waals surface area contributed by atoms with Crippen molar-refractivity contribution in [3.8, 4) is 0 Å². The van der Waals surface area contributed by atoms with Gasteiger partial charge in [0.25, 0.3) is 0 Å². The minimum atomic E-state index is -5.58. The molecule has 1 N–H and O–H groups in total. The van der Waals surface area contributed by atoms with Crippen LogP contribution in [0, 0.1) is 0 Å². The van der Waals surface area contributed by atoms with Gasteiger partial charge in [0.2, 0.25) is 0 Å². The highest BCUT2D eigenvalue weighted by Crippen LogP contribution is 2.29. The van der Waals surface area contributed by atoms with Gasteiger partial charge >= 0.3 is 15.5 Å². The van der Waals surface area contributed by atoms with E-state index in [-0.39, 0.29) is 22.0 Å². The lowest BCUT2D eigenvalue weighted by Crippen LogP contribution is -2.30. The van der Waals surface area contributed by atoms with Crippen molar-refractivity contribution >= 4 is 33.0 Å². The molecule has 0 atom stereocenters. The van der Waals surface area contributed by atoms with Crippen molar-refractivity contribution < 1.29 is 26.4 Å². The van der Waals surface area contributed by atoms with Crippen molar-refractivity contribution in [3.05, 3.63) is 64.7 Å². The largest absolute Gasteiger partial charge is 0.516 e. The van der Waals surface area contributed by atoms with Crippen LogP contribution in [0.2, 0.25) is 5.02 Å². The number of anilines is 1. The Kier molecular flexibility index (Phi) is 7.92. The van der Waals surface area contributed by atoms with Gasteiger partial charge in [0.1, 0.15) is 6.61 Å². The second kappa shape index (κ2) is 9.98. The van der Waals surface area contributed by atoms with Crippen LogP contribution in [0.3, 0.4) is 0 Å². The first kappa shape index (κ1) is 23.0. The maximum atomic E-state index is 12.7. The minimum absolute atomic E-state index is 0.121. The molecule has 2 rings (SSSR count). The van der Waals surface area contributed by atoms with E-state index in [9.17, 15) is 21.6 Å². The molecule has 0 aliphatic rings. The highest BCUT2D eigenvalue weighted by atomic mass is 35.5. The fourth-order valence-electron chi connectivity index (χ4n) is 2.46. The van der Waals surface area contributed by atoms with Crippen LogP contribution >= 0.6 is 11.6 Å². The van der Waals surface area contributed by atoms with Gasteiger partial charge in [0.05, 0.1) is 11.4 Å². The molecule has 29 heavy (non-hydrogen) atoms. The van der Waals surface area contributed by atoms with Crippen molar-refractivity contribution in [1.82, 2.24) is 0 Å². The maximum absolute atomic E-state index is 12.7. The van der Waals surface area contributed by atoms with Crippen LogP contribution in [0.1, 0.15) is 30.9 Å². The first-order valence-corrected chi connectivity index (χ1v) is 10.6. The number of nitrogens with zero attached hydrogens (tertiary/aromatic N) is 1. The van der Waals surface area contributed by atoms with Crippen molar-refractivity contribution in [3.63, 3.8) is 0 Å². The average Bonchev–Trinajstić information content (AvgIpc) is 2.66. The van der Waals surface area contributed by atoms with Crippen molar-refractivity contribution in [2.45, 2.75) is 31.7 Å². The quantitative estimate of drug-likeness (QED) is 0.319. The zero-order chi connectivity index (χ0) is 21.5. The molecular formula is C19H20ClF3N2O3S. The molecule has 0 fully saturated rings. The summed E-state index contributed by atoms with van der Waals surface area (Å²) in [6.45, 7) is 2.01. The number of halogens is 4. The van der Waals surface area contributed by atoms with Gasteiger partial charge in [0.15, 0.2) is 0 Å². The second-order valence-electron chi connectivity index (χ2n) is 6.06. The molecule has 0 radical (unpaired) electrons. The number of benzene rings is 2. The van der Waals surface area contributed by atoms with E-state index in [2.05, 4.69) is 5.16 Å². The molecule has 0 unspecified atom stereocenters. The summed E-state index contributed by atoms with van der Waals surface area (Å²) >= 11 is 5.94. The molecule has 2 aromatic rings. The normalized spacial score (nSPS) is 12.7. The van der Waals surface area contributed by atoms with Gasteiger partial charge < -0.3 is 4.84 Å². The van der Waals surface area contributed by atoms with Crippen molar-refractivity contribution in [2.75, 3.05) is 11.3 Å². The number of aryl methyl sites for hydroxylation is 1. The number of rotatable bonds is 9. The molecule has 0 heterocycles. The third-order valence-corrected chi connectivity index (χ3v) is 5.23. The van der Waals surface area contributed by atoms with Crippen LogP contribution in [-0.2, 0) is 21.3 Å². The highest BCUT2D eigenvalue weighted by Gasteiger charge is 2.46. The average molecular weight is 449 g/mol. The maximum Gasteiger partial charge on any atom is 0.516 e. The Balaban J connectivity index is 2.13. The monoisotopic (exact) mass is 448 g/mol. The number of alkyl halides is 3. The Morgan fingerprint density at radius 1 is 1.17 bits per heavy atom. The van der Waals surface area contributed by atoms with Crippen LogP contribution in [-0.4, -0.2) is 26.2 Å². The third kappa shape index (κ3) is 6.64. The van der Waals surface area contributed by atoms with E-state index < -0.39 is 15.5 Å². The Hall–Kier alpha value is -2.26. The predicted octanol–water partition coefficient (Wildman–Crippen LogP) is 5.37. The smallest absolute Gasteiger partial charge is 0.396 e. The molecule has 0 saturated heterocycles. The number of oxime groups is 1. The van der Waals surface area contributed by atoms with E-state index in [1.54, 1.807) is 11.6 Å². The van der Waals surface area contributed by atoms with E-state index >= 15 is 0 Å². The molecule has 158 valence electrons. The standard InChI is InChI=1S/C19H20ClF3N2O3S/c1-2-17(24-28-12-6-9-14-7-4-3-5-8-14)16-13-15(20)10-11-18(16)25-29(26,27)19(21,22)23/h3-5,7-8,10-11,13,25H,2,6,9,12H2,1H3/b24-17+. The lowest BCUT2D eigenvalue weighted by Gasteiger charge is -2.15. The molecule has 0 aromatic heterocycles. The first-order chi connectivity index (χ1) is 13.6. The van der Waals surface area contributed by atoms with Gasteiger partial charge in [0, 0.05) is 10.6 Å². The lowest BCUT2D eigenvalue weighted by atomic mass is 10.1. The lowest BCUT2D eigenvalue weighted by molar-refractivity contribution is -0.0429. The van der Waals surface area contributed by atoms with E-state index in [1.807, 2.05) is 30.3 Å². The number of nitrogens with one attached hydrogen (secondary N) is 1. The van der Waals surface area contributed by atoms with Crippen LogP contribution in [0.15, 0.2) is 53.7 Å². The van der Waals surface area contributed by atoms with Gasteiger partial charge in [-0.15, -0.1) is 0 Å². The van der Waals surface area contributed by atoms with Gasteiger partial charge in [-0.25, -0.2) is 0 Å². The van der Waals surface area contributed by atoms with E-state index in [1.165, 1.54) is 12.1 Å². The molecule has 0 amide bonds. The Bertz CT molecular complexity index is 949. The van der Waals surface area contributed by atoms with Gasteiger partial charge in [-0.2, -0.15) is 21.6 Å². The molecule has 5 nitrogen and oxygen atoms in total. The van der Waals surface area contributed by atoms with E-state index in [0.717, 1.165) is 18.1 Å². The third-order valence-electron chi connectivity index (χ3n) is 3.90. The molecular weight excluding hydrogens is 429 g/mol. The van der Waals surface area contributed by atoms with Gasteiger partial charge in [-0.3, -0.25) is 4.72 Å². The molecule has 10 heteroatoms. The number of hydrogen-bond donors (Lipinski definition) is 1. The predicted molar refractivity (Wildman–Crippen MR) is 108 cm³/mol. The van der Waals surface area contributed by atoms with E-state index in [0.29, 0.717) is 19.4 Å². The molecule has 2 aromatic carbocycles. The molecule has 0 aliphatic carbocycles. The first-order valence-electron chi connectivity index (χ1n) is 8.76. The van der Waals surface area contributed by atoms with Crippen molar-refractivity contribution in [2.24, 2.45) is 5.16 Å². The summed E-state index contributed by atoms with van der Waals surface area (Å²) in [6, 6.07) is 13.6. The van der Waals surface area contributed by atoms with E-state index in [4.69, 9.17) is 16.4 Å². The Labute approximate surface area is 172 Å². The topological polar surface area (TPSA) is 67.8 Å². The molecule has 0 aliphatic heterocycles. The second-order valence-corrected chi connectivity index (χ2v) is 8.17. The van der Waals surface area contributed by atoms with Gasteiger partial charge in [-0.1, -0.05) is 54.0 Å². The summed E-state index contributed by atoms with van der Waals surface area (Å²) in [4.78, 5) is 5.30. The summed E-state index contributed by atoms with van der Waals surface area (Å²) in [5.74, 6) is 0. The minimum Gasteiger partial charge on any atom is -0.396 e. The summed E-state index contributed by atoms with van der Waals surface area (Å²) < 4.78 is 62.6. The zero-order valence-corrected chi connectivity index (χ0v) is 17.1. The molecule has 0 saturated carbocycles. The summed E-state index contributed by atoms with van der Waals surface area (Å²) in [7, 11) is -5.58. The summed E-state index contributed by atoms with van der Waals surface area (Å²) in [5, 5.41) is 4.20. The van der Waals surface area contributed by atoms with Crippen LogP contribution in [0.5, 0.6) is 0 Å². The van der Waals surface area contributed by atoms with Gasteiger partial charge in [-0.05, 0) is 43.0 Å². The van der Waals surface area contributed by atoms with Crippen LogP contribution in [0.25, 0.3) is 0 Å². The highest BCUT2D eigenvalue weighted by molar-refractivity contribution is 7.93. The number of sulfonamides is 1. The fraction of sp³-hybridized carbons (Fsp3) is 0.316. The summed E-state index contributed by atoms with van der Waals surface area (Å²) in [6.07, 6.45) is 1.76. The zero-order valence-electron chi connectivity index (χ0n) is 15.5. The van der Waals surface area contributed by atoms with Crippen LogP contribution in [0.4, 0.5) is 18.9 Å². The fourth-order valence-corrected chi connectivity index (χ4v) is 3.22. The van der Waals surface area contributed by atoms with Crippen LogP contribution < -0.4 is 4.72 Å². The molecule has 0 bridgehead atoms. The SMILES string of the molecule is CC/C(=N\OCCCc1ccccc1)c1cc(Cl)ccc1NS(=O)(=O)C(F)(F)F. The van der Waals surface area contributed by atoms with Crippen molar-refractivity contribution in [1.29, 1.82) is 0 Å².